The van der Waals surface area contributed by atoms with Crippen LogP contribution < -0.4 is 0 Å². The highest BCUT2D eigenvalue weighted by molar-refractivity contribution is 5.02. The SMILES string of the molecule is [CH]C12CCC(C1)C2. The van der Waals surface area contributed by atoms with E-state index in [1.807, 2.05) is 0 Å². The van der Waals surface area contributed by atoms with Gasteiger partial charge in [0.15, 0.2) is 0 Å². The smallest absolute Gasteiger partial charge is 0.0258 e. The molecule has 0 aromatic carbocycles. The molecule has 2 radical (unpaired) electrons. The van der Waals surface area contributed by atoms with Gasteiger partial charge >= 0.3 is 0 Å². The Bertz CT molecular complexity index is 82.7. The minimum atomic E-state index is 0.338. The summed E-state index contributed by atoms with van der Waals surface area (Å²) in [4.78, 5) is 0. The Kier molecular flexibility index (Phi) is 0.499. The van der Waals surface area contributed by atoms with E-state index in [9.17, 15) is 0 Å². The van der Waals surface area contributed by atoms with Gasteiger partial charge in [-0.05, 0) is 43.9 Å². The first-order chi connectivity index (χ1) is 3.29. The molecule has 0 aromatic heterocycles. The second-order valence-corrected chi connectivity index (χ2v) is 3.18. The van der Waals surface area contributed by atoms with Gasteiger partial charge in [-0.2, -0.15) is 0 Å². The Balaban J connectivity index is 2.20. The first-order valence-corrected chi connectivity index (χ1v) is 3.07. The fraction of sp³-hybridized carbons (Fsp3) is 0.857. The fourth-order valence-corrected chi connectivity index (χ4v) is 1.99. The van der Waals surface area contributed by atoms with Gasteiger partial charge in [0, 0.05) is 0 Å². The van der Waals surface area contributed by atoms with Crippen LogP contribution in [-0.4, -0.2) is 0 Å². The Labute approximate surface area is 44.9 Å². The molecule has 0 nitrogen and oxygen atoms in total. The van der Waals surface area contributed by atoms with Crippen molar-refractivity contribution in [2.24, 2.45) is 11.3 Å². The zero-order chi connectivity index (χ0) is 4.91. The van der Waals surface area contributed by atoms with Crippen LogP contribution in [0.1, 0.15) is 25.7 Å². The van der Waals surface area contributed by atoms with Crippen LogP contribution in [0.4, 0.5) is 0 Å². The zero-order valence-corrected chi connectivity index (χ0v) is 4.48. The topological polar surface area (TPSA) is 0 Å². The van der Waals surface area contributed by atoms with Crippen LogP contribution in [0.2, 0.25) is 0 Å². The van der Waals surface area contributed by atoms with Gasteiger partial charge in [0.25, 0.3) is 0 Å². The van der Waals surface area contributed by atoms with Crippen molar-refractivity contribution in [3.05, 3.63) is 6.92 Å². The molecule has 0 amide bonds. The molecule has 0 spiro atoms. The molecule has 0 heteroatoms. The maximum Gasteiger partial charge on any atom is -0.0258 e. The van der Waals surface area contributed by atoms with E-state index in [1.54, 1.807) is 0 Å². The lowest BCUT2D eigenvalue weighted by Gasteiger charge is -2.33. The Hall–Kier alpha value is 0. The molecule has 0 heterocycles. The van der Waals surface area contributed by atoms with Crippen molar-refractivity contribution in [1.82, 2.24) is 0 Å². The summed E-state index contributed by atoms with van der Waals surface area (Å²) in [6, 6.07) is 0. The van der Waals surface area contributed by atoms with E-state index in [4.69, 9.17) is 6.92 Å². The predicted molar refractivity (Wildman–Crippen MR) is 28.7 cm³/mol. The van der Waals surface area contributed by atoms with E-state index < -0.39 is 0 Å². The number of fused-ring (bicyclic) bond motifs is 1. The highest BCUT2D eigenvalue weighted by Crippen LogP contribution is 2.57. The van der Waals surface area contributed by atoms with Crippen molar-refractivity contribution in [1.29, 1.82) is 0 Å². The van der Waals surface area contributed by atoms with Crippen LogP contribution in [0.25, 0.3) is 0 Å². The van der Waals surface area contributed by atoms with Crippen LogP contribution in [0, 0.1) is 18.3 Å². The second-order valence-electron chi connectivity index (χ2n) is 3.18. The molecule has 38 valence electrons. The van der Waals surface area contributed by atoms with Crippen LogP contribution in [0.3, 0.4) is 0 Å². The lowest BCUT2D eigenvalue weighted by atomic mass is 9.71. The average molecular weight is 94.2 g/mol. The van der Waals surface area contributed by atoms with Crippen LogP contribution in [0.15, 0.2) is 0 Å². The molecule has 3 fully saturated rings. The van der Waals surface area contributed by atoms with Gasteiger partial charge in [-0.15, -0.1) is 0 Å². The van der Waals surface area contributed by atoms with Crippen molar-refractivity contribution in [2.45, 2.75) is 25.7 Å². The molecular formula is C7H10. The van der Waals surface area contributed by atoms with Gasteiger partial charge in [-0.1, -0.05) is 0 Å². The third-order valence-electron chi connectivity index (χ3n) is 2.44. The largest absolute Gasteiger partial charge is 0.0499 e. The molecule has 0 atom stereocenters. The molecule has 3 rings (SSSR count). The lowest BCUT2D eigenvalue weighted by molar-refractivity contribution is 0.206. The maximum absolute atomic E-state index is 5.84. The highest BCUT2D eigenvalue weighted by atomic mass is 14.5. The summed E-state index contributed by atoms with van der Waals surface area (Å²) in [5.74, 6) is 1.03. The number of hydrogen-bond acceptors (Lipinski definition) is 0. The van der Waals surface area contributed by atoms with Gasteiger partial charge in [-0.25, -0.2) is 0 Å². The van der Waals surface area contributed by atoms with Gasteiger partial charge in [-0.3, -0.25) is 0 Å². The van der Waals surface area contributed by atoms with E-state index in [0.29, 0.717) is 5.41 Å². The molecule has 7 heavy (non-hydrogen) atoms. The fourth-order valence-electron chi connectivity index (χ4n) is 1.99. The third kappa shape index (κ3) is 0.375. The maximum atomic E-state index is 5.84. The molecular weight excluding hydrogens is 84.1 g/mol. The van der Waals surface area contributed by atoms with E-state index in [2.05, 4.69) is 0 Å². The van der Waals surface area contributed by atoms with E-state index in [0.717, 1.165) is 5.92 Å². The Morgan fingerprint density at radius 1 is 1.43 bits per heavy atom. The first-order valence-electron chi connectivity index (χ1n) is 3.07. The van der Waals surface area contributed by atoms with Crippen LogP contribution >= 0.6 is 0 Å². The second kappa shape index (κ2) is 0.888. The van der Waals surface area contributed by atoms with E-state index in [-0.39, 0.29) is 0 Å². The van der Waals surface area contributed by atoms with Crippen molar-refractivity contribution in [2.75, 3.05) is 0 Å². The van der Waals surface area contributed by atoms with Crippen LogP contribution in [0.5, 0.6) is 0 Å². The van der Waals surface area contributed by atoms with Crippen molar-refractivity contribution in [3.8, 4) is 0 Å². The molecule has 0 aromatic rings. The summed E-state index contributed by atoms with van der Waals surface area (Å²) in [7, 11) is 0. The quantitative estimate of drug-likeness (QED) is 0.430. The monoisotopic (exact) mass is 94.1 g/mol. The van der Waals surface area contributed by atoms with Gasteiger partial charge in [0.05, 0.1) is 0 Å². The van der Waals surface area contributed by atoms with Gasteiger partial charge < -0.3 is 0 Å². The lowest BCUT2D eigenvalue weighted by Crippen LogP contribution is -2.23. The highest BCUT2D eigenvalue weighted by Gasteiger charge is 2.46. The number of hydrogen-bond donors (Lipinski definition) is 0. The summed E-state index contributed by atoms with van der Waals surface area (Å²) < 4.78 is 0. The van der Waals surface area contributed by atoms with Crippen molar-refractivity contribution < 1.29 is 0 Å². The summed E-state index contributed by atoms with van der Waals surface area (Å²) in [5, 5.41) is 0. The summed E-state index contributed by atoms with van der Waals surface area (Å²) in [6.45, 7) is 5.84. The molecule has 3 saturated carbocycles. The first kappa shape index (κ1) is 3.94. The average Bonchev–Trinajstić information content (AvgIpc) is 1.88. The predicted octanol–water partition coefficient (Wildman–Crippen LogP) is 1.89. The molecule has 3 aliphatic carbocycles. The summed E-state index contributed by atoms with van der Waals surface area (Å²) >= 11 is 0. The molecule has 3 aliphatic rings. The number of rotatable bonds is 0. The molecule has 0 unspecified atom stereocenters. The molecule has 0 N–H and O–H groups in total. The standard InChI is InChI=1S/C7H10/c1-7-3-2-6(4-7)5-7/h1,6H,2-5H2. The molecule has 2 bridgehead atoms. The van der Waals surface area contributed by atoms with E-state index >= 15 is 0 Å². The van der Waals surface area contributed by atoms with Crippen molar-refractivity contribution in [3.63, 3.8) is 0 Å². The van der Waals surface area contributed by atoms with Crippen LogP contribution in [-0.2, 0) is 0 Å². The third-order valence-corrected chi connectivity index (χ3v) is 2.44. The summed E-state index contributed by atoms with van der Waals surface area (Å²) in [6.07, 6.45) is 5.37. The summed E-state index contributed by atoms with van der Waals surface area (Å²) in [5.41, 5.74) is 0.338. The Morgan fingerprint density at radius 3 is 2.29 bits per heavy atom. The van der Waals surface area contributed by atoms with Gasteiger partial charge in [0.2, 0.25) is 0 Å². The minimum Gasteiger partial charge on any atom is -0.0499 e. The Morgan fingerprint density at radius 2 is 2.14 bits per heavy atom. The normalized spacial score (nSPS) is 57.0. The van der Waals surface area contributed by atoms with Gasteiger partial charge in [0.1, 0.15) is 0 Å². The molecule has 0 saturated heterocycles. The van der Waals surface area contributed by atoms with E-state index in [1.165, 1.54) is 25.7 Å². The van der Waals surface area contributed by atoms with Crippen molar-refractivity contribution >= 4 is 0 Å². The molecule has 0 aliphatic heterocycles. The zero-order valence-electron chi connectivity index (χ0n) is 4.48. The minimum absolute atomic E-state index is 0.338.